The second kappa shape index (κ2) is 34.4. The summed E-state index contributed by atoms with van der Waals surface area (Å²) in [5.74, 6) is 0. The lowest BCUT2D eigenvalue weighted by Crippen LogP contribution is -2.64. The van der Waals surface area contributed by atoms with Crippen LogP contribution in [0.2, 0.25) is 5.02 Å². The summed E-state index contributed by atoms with van der Waals surface area (Å²) >= 11 is 7.23. The highest BCUT2D eigenvalue weighted by molar-refractivity contribution is 7.01. The van der Waals surface area contributed by atoms with E-state index in [9.17, 15) is 0 Å². The summed E-state index contributed by atoms with van der Waals surface area (Å²) in [5, 5.41) is 4.24. The first-order valence-corrected chi connectivity index (χ1v) is 50.4. The Bertz CT molecular complexity index is 7200. The first kappa shape index (κ1) is 91.2. The average Bonchev–Trinajstić information content (AvgIpc) is 1.53. The zero-order chi connectivity index (χ0) is 94.6. The molecule has 4 atom stereocenters. The first-order valence-electron chi connectivity index (χ1n) is 50.0. The summed E-state index contributed by atoms with van der Waals surface area (Å²) in [6.45, 7) is 37.6. The van der Waals surface area contributed by atoms with Crippen LogP contribution in [0.1, 0.15) is 203 Å². The zero-order valence-electron chi connectivity index (χ0n) is 82.6. The van der Waals surface area contributed by atoms with Gasteiger partial charge in [-0.3, -0.25) is 0 Å². The minimum absolute atomic E-state index is 0. The summed E-state index contributed by atoms with van der Waals surface area (Å²) in [5.41, 5.74) is 45.1. The maximum absolute atomic E-state index is 7.23. The van der Waals surface area contributed by atoms with Gasteiger partial charge in [0.2, 0.25) is 0 Å². The average molecular weight is 1820 g/mol. The zero-order valence-corrected chi connectivity index (χ0v) is 83.3. The monoisotopic (exact) mass is 1820 g/mol. The van der Waals surface area contributed by atoms with Gasteiger partial charge >= 0.3 is 0 Å². The normalized spacial score (nSPS) is 18.6. The summed E-state index contributed by atoms with van der Waals surface area (Å²) in [4.78, 5) is 13.2. The Balaban J connectivity index is 0.000000140. The molecule has 0 radical (unpaired) electrons. The molecule has 8 aliphatic rings. The topological polar surface area (TPSA) is 28.2 Å². The van der Waals surface area contributed by atoms with Gasteiger partial charge in [0.05, 0.1) is 16.8 Å². The van der Waals surface area contributed by atoms with Gasteiger partial charge in [0.1, 0.15) is 0 Å². The van der Waals surface area contributed by atoms with Gasteiger partial charge < -0.3 is 29.8 Å². The summed E-state index contributed by atoms with van der Waals surface area (Å²) < 4.78 is 0. The second-order valence-corrected chi connectivity index (χ2v) is 45.3. The molecule has 9 heteroatoms. The Kier molecular flexibility index (Phi) is 22.7. The van der Waals surface area contributed by atoms with Crippen molar-refractivity contribution in [3.63, 3.8) is 0 Å². The molecular weight excluding hydrogens is 1690 g/mol. The van der Waals surface area contributed by atoms with E-state index in [2.05, 4.69) is 505 Å². The largest absolute Gasteiger partial charge is 0.356 e. The molecule has 0 amide bonds. The molecule has 2 saturated carbocycles. The molecule has 6 aliphatic heterocycles. The predicted molar refractivity (Wildman–Crippen MR) is 596 cm³/mol. The van der Waals surface area contributed by atoms with E-state index < -0.39 is 0 Å². The van der Waals surface area contributed by atoms with E-state index in [0.29, 0.717) is 0 Å². The molecule has 16 aromatic carbocycles. The van der Waals surface area contributed by atoms with Crippen LogP contribution in [0, 0.1) is 0 Å². The van der Waals surface area contributed by atoms with Crippen LogP contribution in [0.3, 0.4) is 0 Å². The van der Waals surface area contributed by atoms with Gasteiger partial charge in [-0.15, -0.1) is 0 Å². The number of fused-ring (bicyclic) bond motifs is 14. The standard InChI is InChI=1S/C64H62BN3.C44H36BClN2.C20H27N.CH4/c1-61(2,3)47-28-32-49(33-29-47)66(50-34-30-48(31-35-50)62(4,5)6)52-41-57-59-58(42-52)68-60-53(63(7)37-15-16-38-64(63,68)8)25-18-26-55(60)65(59)54-36-27-46(44-21-13-10-14-22-44)40-56(54)67(57)51-24-17-23-45(39-51)43-19-11-9-12-20-43;1-43-23-9-10-24-44(43,2)48-40-28-33(46)27-39-41(40)45(37-20-12-19-35(43)42(37)48)36-22-21-32(30-15-7-4-8-16-30)26-38(36)47(39)34-18-11-17-31(25-34)29-13-5-3-6-14-29;1-19(2,3)15-7-11-17(12-8-15)21-18-13-9-16(10-14-18)20(4,5)6;/h9-14,17-36,39-42H,15-16,37-38H2,1-8H3;3-8,11-22,25-28H,9-10,23-24H2,1-2H3;7-14,21H,1-6H3;1H4. The Morgan fingerprint density at radius 1 is 0.283 bits per heavy atom. The van der Waals surface area contributed by atoms with E-state index in [1.54, 1.807) is 0 Å². The molecule has 2 fully saturated rings. The van der Waals surface area contributed by atoms with Crippen LogP contribution in [0.25, 0.3) is 44.5 Å². The van der Waals surface area contributed by atoms with Gasteiger partial charge in [-0.1, -0.05) is 396 Å². The van der Waals surface area contributed by atoms with Gasteiger partial charge in [0, 0.05) is 95.5 Å². The molecule has 4 unspecified atom stereocenters. The summed E-state index contributed by atoms with van der Waals surface area (Å²) in [7, 11) is 0. The summed E-state index contributed by atoms with van der Waals surface area (Å²) in [6.07, 6.45) is 9.72. The van der Waals surface area contributed by atoms with E-state index >= 15 is 0 Å². The van der Waals surface area contributed by atoms with Crippen molar-refractivity contribution in [1.29, 1.82) is 0 Å². The number of nitrogens with one attached hydrogen (secondary N) is 1. The second-order valence-electron chi connectivity index (χ2n) is 44.9. The number of halogens is 1. The van der Waals surface area contributed by atoms with Gasteiger partial charge in [0.15, 0.2) is 0 Å². The van der Waals surface area contributed by atoms with E-state index in [-0.39, 0.29) is 64.4 Å². The van der Waals surface area contributed by atoms with Crippen molar-refractivity contribution in [2.24, 2.45) is 0 Å². The van der Waals surface area contributed by atoms with Crippen molar-refractivity contribution in [2.75, 3.05) is 29.8 Å². The van der Waals surface area contributed by atoms with E-state index in [4.69, 9.17) is 11.6 Å². The molecule has 688 valence electrons. The van der Waals surface area contributed by atoms with Crippen molar-refractivity contribution in [3.05, 3.63) is 402 Å². The van der Waals surface area contributed by atoms with Crippen LogP contribution >= 0.6 is 11.6 Å². The number of para-hydroxylation sites is 2. The van der Waals surface area contributed by atoms with Crippen molar-refractivity contribution in [3.8, 4) is 44.5 Å². The van der Waals surface area contributed by atoms with E-state index in [1.165, 1.54) is 201 Å². The van der Waals surface area contributed by atoms with Gasteiger partial charge in [-0.05, 0) is 281 Å². The quantitative estimate of drug-likeness (QED) is 0.130. The molecule has 24 rings (SSSR count). The molecule has 0 bridgehead atoms. The number of hydrogen-bond donors (Lipinski definition) is 1. The maximum atomic E-state index is 7.23. The van der Waals surface area contributed by atoms with Gasteiger partial charge in [-0.2, -0.15) is 0 Å². The Hall–Kier alpha value is -13.3. The van der Waals surface area contributed by atoms with Crippen LogP contribution in [-0.2, 0) is 32.5 Å². The number of benzene rings is 16. The molecule has 2 aliphatic carbocycles. The molecular formula is C129H129B2ClN6. The lowest BCUT2D eigenvalue weighted by atomic mass is 9.33. The van der Waals surface area contributed by atoms with Gasteiger partial charge in [0.25, 0.3) is 13.4 Å². The Morgan fingerprint density at radius 2 is 0.594 bits per heavy atom. The lowest BCUT2D eigenvalue weighted by molar-refractivity contribution is 0.195. The van der Waals surface area contributed by atoms with E-state index in [1.807, 2.05) is 0 Å². The fourth-order valence-electron chi connectivity index (χ4n) is 24.7. The van der Waals surface area contributed by atoms with Crippen molar-refractivity contribution in [2.45, 2.75) is 213 Å². The molecule has 6 nitrogen and oxygen atoms in total. The van der Waals surface area contributed by atoms with Gasteiger partial charge in [-0.25, -0.2) is 0 Å². The van der Waals surface area contributed by atoms with Crippen LogP contribution in [-0.4, -0.2) is 24.5 Å². The van der Waals surface area contributed by atoms with Crippen molar-refractivity contribution in [1.82, 2.24) is 0 Å². The molecule has 6 heterocycles. The highest BCUT2D eigenvalue weighted by atomic mass is 35.5. The maximum Gasteiger partial charge on any atom is 0.252 e. The third-order valence-corrected chi connectivity index (χ3v) is 32.8. The van der Waals surface area contributed by atoms with Crippen molar-refractivity contribution >= 4 is 143 Å². The minimum Gasteiger partial charge on any atom is -0.356 e. The molecule has 1 N–H and O–H groups in total. The fraction of sp³-hybridized carbons (Fsp3) is 0.256. The number of anilines is 15. The van der Waals surface area contributed by atoms with Crippen LogP contribution in [0.15, 0.2) is 364 Å². The number of rotatable bonds is 11. The molecule has 0 saturated heterocycles. The lowest BCUT2D eigenvalue weighted by Gasteiger charge is -2.53. The summed E-state index contributed by atoms with van der Waals surface area (Å²) in [6, 6.07) is 136. The predicted octanol–water partition coefficient (Wildman–Crippen LogP) is 32.1. The number of nitrogens with zero attached hydrogens (tertiary/aromatic N) is 5. The SMILES string of the molecule is C.CC(C)(C)c1ccc(N(c2ccc(C(C)(C)C)cc2)c2cc3c4c(c2)N2c5c(cccc5C5(C)CCCCC25C)B4c2ccc(-c4ccccc4)cc2N3c2cccc(-c3ccccc3)c2)cc1.CC(C)(C)c1ccc(Nc2ccc(C(C)(C)C)cc2)cc1.CC12CCCCC1(C)N1c3cc(Cl)cc4c3B(c3ccc(-c5ccccc5)cc3N4c3cccc(-c4ccccc4)c3)c3cccc2c31. The van der Waals surface area contributed by atoms with Crippen LogP contribution in [0.5, 0.6) is 0 Å². The van der Waals surface area contributed by atoms with Crippen molar-refractivity contribution < 1.29 is 0 Å². The Labute approximate surface area is 827 Å². The molecule has 0 aromatic heterocycles. The smallest absolute Gasteiger partial charge is 0.252 e. The molecule has 0 spiro atoms. The highest BCUT2D eigenvalue weighted by Gasteiger charge is 2.63. The van der Waals surface area contributed by atoms with Crippen LogP contribution in [0.4, 0.5) is 85.3 Å². The minimum atomic E-state index is -0.107. The highest BCUT2D eigenvalue weighted by Crippen LogP contribution is 2.65. The third-order valence-electron chi connectivity index (χ3n) is 32.5. The Morgan fingerprint density at radius 3 is 0.964 bits per heavy atom. The molecule has 138 heavy (non-hydrogen) atoms. The molecule has 16 aromatic rings. The fourth-order valence-corrected chi connectivity index (χ4v) is 24.9. The number of hydrogen-bond acceptors (Lipinski definition) is 6. The van der Waals surface area contributed by atoms with E-state index in [0.717, 1.165) is 51.3 Å². The first-order chi connectivity index (χ1) is 65.8. The third kappa shape index (κ3) is 15.3. The van der Waals surface area contributed by atoms with Crippen LogP contribution < -0.4 is 62.6 Å².